The predicted molar refractivity (Wildman–Crippen MR) is 86.4 cm³/mol. The lowest BCUT2D eigenvalue weighted by Gasteiger charge is -2.02. The first-order valence-corrected chi connectivity index (χ1v) is 9.07. The summed E-state index contributed by atoms with van der Waals surface area (Å²) in [5.74, 6) is 0. The van der Waals surface area contributed by atoms with Crippen molar-refractivity contribution in [2.75, 3.05) is 12.5 Å². The lowest BCUT2D eigenvalue weighted by atomic mass is 10.1. The molecule has 0 amide bonds. The number of thiophene rings is 1. The minimum Gasteiger partial charge on any atom is -0.235 e. The van der Waals surface area contributed by atoms with E-state index < -0.39 is 0 Å². The Hall–Kier alpha value is -1.04. The molecular weight excluding hydrogens is 292 g/mol. The maximum atomic E-state index is 4.45. The third-order valence-electron chi connectivity index (χ3n) is 2.92. The van der Waals surface area contributed by atoms with Crippen LogP contribution in [0.3, 0.4) is 0 Å². The third-order valence-corrected chi connectivity index (χ3v) is 5.46. The molecule has 96 valence electrons. The molecule has 3 aromatic rings. The third kappa shape index (κ3) is 2.38. The van der Waals surface area contributed by atoms with Gasteiger partial charge in [-0.3, -0.25) is 0 Å². The smallest absolute Gasteiger partial charge is 0.117 e. The van der Waals surface area contributed by atoms with Crippen LogP contribution >= 0.6 is 34.9 Å². The van der Waals surface area contributed by atoms with E-state index in [9.17, 15) is 0 Å². The van der Waals surface area contributed by atoms with Crippen molar-refractivity contribution in [2.24, 2.45) is 0 Å². The van der Waals surface area contributed by atoms with Gasteiger partial charge in [-0.1, -0.05) is 12.1 Å². The molecule has 2 heterocycles. The highest BCUT2D eigenvalue weighted by Crippen LogP contribution is 2.36. The first kappa shape index (κ1) is 13.0. The van der Waals surface area contributed by atoms with Gasteiger partial charge < -0.3 is 0 Å². The van der Waals surface area contributed by atoms with E-state index in [-0.39, 0.29) is 0 Å². The molecule has 0 saturated carbocycles. The van der Waals surface area contributed by atoms with Crippen LogP contribution in [0.1, 0.15) is 0 Å². The van der Waals surface area contributed by atoms with Gasteiger partial charge in [0.1, 0.15) is 11.4 Å². The summed E-state index contributed by atoms with van der Waals surface area (Å²) in [6.45, 7) is 0. The van der Waals surface area contributed by atoms with Crippen LogP contribution in [0.25, 0.3) is 21.3 Å². The second-order valence-electron chi connectivity index (χ2n) is 3.94. The normalized spacial score (nSPS) is 11.1. The summed E-state index contributed by atoms with van der Waals surface area (Å²) in [5.41, 5.74) is 3.47. The van der Waals surface area contributed by atoms with Gasteiger partial charge in [-0.15, -0.1) is 34.9 Å². The molecular formula is C14H12N2S3. The van der Waals surface area contributed by atoms with Crippen LogP contribution in [0, 0.1) is 0 Å². The van der Waals surface area contributed by atoms with Gasteiger partial charge in [-0.25, -0.2) is 9.97 Å². The second kappa shape index (κ2) is 5.53. The molecule has 0 aliphatic carbocycles. The van der Waals surface area contributed by atoms with Crippen LogP contribution in [-0.4, -0.2) is 22.5 Å². The van der Waals surface area contributed by atoms with Gasteiger partial charge in [0.2, 0.25) is 0 Å². The Morgan fingerprint density at radius 2 is 1.79 bits per heavy atom. The van der Waals surface area contributed by atoms with Crippen molar-refractivity contribution in [1.29, 1.82) is 0 Å². The van der Waals surface area contributed by atoms with E-state index in [2.05, 4.69) is 52.1 Å². The quantitative estimate of drug-likeness (QED) is 0.512. The molecule has 0 unspecified atom stereocenters. The Balaban J connectivity index is 2.14. The van der Waals surface area contributed by atoms with E-state index >= 15 is 0 Å². The Labute approximate surface area is 124 Å². The van der Waals surface area contributed by atoms with E-state index in [1.807, 2.05) is 0 Å². The Morgan fingerprint density at radius 1 is 1.00 bits per heavy atom. The number of thioether (sulfide) groups is 2. The Morgan fingerprint density at radius 3 is 2.47 bits per heavy atom. The van der Waals surface area contributed by atoms with E-state index in [4.69, 9.17) is 0 Å². The van der Waals surface area contributed by atoms with Crippen LogP contribution < -0.4 is 0 Å². The molecule has 0 saturated heterocycles. The summed E-state index contributed by atoms with van der Waals surface area (Å²) in [5, 5.41) is 3.23. The van der Waals surface area contributed by atoms with E-state index in [0.717, 1.165) is 10.5 Å². The minimum atomic E-state index is 1.06. The Bertz CT molecular complexity index is 704. The highest BCUT2D eigenvalue weighted by atomic mass is 32.2. The van der Waals surface area contributed by atoms with Gasteiger partial charge in [-0.05, 0) is 30.2 Å². The number of benzene rings is 1. The van der Waals surface area contributed by atoms with Crippen LogP contribution in [-0.2, 0) is 0 Å². The van der Waals surface area contributed by atoms with Crippen molar-refractivity contribution in [3.63, 3.8) is 0 Å². The van der Waals surface area contributed by atoms with Crippen LogP contribution in [0.15, 0.2) is 45.9 Å². The summed E-state index contributed by atoms with van der Waals surface area (Å²) in [7, 11) is 0. The van der Waals surface area contributed by atoms with E-state index in [1.54, 1.807) is 41.2 Å². The van der Waals surface area contributed by atoms with Crippen molar-refractivity contribution in [2.45, 2.75) is 9.92 Å². The number of aromatic nitrogens is 2. The Kier molecular flexibility index (Phi) is 3.77. The standard InChI is InChI=1S/C14H12N2S3/c1-17-10-5-3-9(4-6-10)11-7-19-13-12(11)15-8-16-14(13)18-2/h3-8H,1-2H3. The molecule has 0 bridgehead atoms. The number of hydrogen-bond donors (Lipinski definition) is 0. The largest absolute Gasteiger partial charge is 0.235 e. The molecule has 0 aliphatic heterocycles. The summed E-state index contributed by atoms with van der Waals surface area (Å²) >= 11 is 5.15. The molecule has 2 aromatic heterocycles. The van der Waals surface area contributed by atoms with Gasteiger partial charge in [0.25, 0.3) is 0 Å². The fourth-order valence-corrected chi connectivity index (χ4v) is 4.10. The zero-order valence-corrected chi connectivity index (χ0v) is 13.0. The second-order valence-corrected chi connectivity index (χ2v) is 6.49. The number of rotatable bonds is 3. The summed E-state index contributed by atoms with van der Waals surface area (Å²) in [6.07, 6.45) is 5.79. The molecule has 0 N–H and O–H groups in total. The molecule has 3 rings (SSSR count). The maximum absolute atomic E-state index is 4.45. The summed E-state index contributed by atoms with van der Waals surface area (Å²) in [4.78, 5) is 10.0. The van der Waals surface area contributed by atoms with E-state index in [1.165, 1.54) is 20.7 Å². The lowest BCUT2D eigenvalue weighted by Crippen LogP contribution is -1.84. The van der Waals surface area contributed by atoms with E-state index in [0.29, 0.717) is 0 Å². The van der Waals surface area contributed by atoms with Gasteiger partial charge in [0, 0.05) is 15.8 Å². The zero-order chi connectivity index (χ0) is 13.2. The number of fused-ring (bicyclic) bond motifs is 1. The van der Waals surface area contributed by atoms with Gasteiger partial charge in [0.05, 0.1) is 10.2 Å². The molecule has 0 fully saturated rings. The molecule has 2 nitrogen and oxygen atoms in total. The summed E-state index contributed by atoms with van der Waals surface area (Å²) in [6, 6.07) is 8.63. The topological polar surface area (TPSA) is 25.8 Å². The van der Waals surface area contributed by atoms with Crippen molar-refractivity contribution >= 4 is 45.1 Å². The average molecular weight is 304 g/mol. The monoisotopic (exact) mass is 304 g/mol. The predicted octanol–water partition coefficient (Wildman–Crippen LogP) is 4.80. The summed E-state index contributed by atoms with van der Waals surface area (Å²) < 4.78 is 1.18. The fraction of sp³-hybridized carbons (Fsp3) is 0.143. The van der Waals surface area contributed by atoms with Gasteiger partial charge in [0.15, 0.2) is 0 Å². The fourth-order valence-electron chi connectivity index (χ4n) is 1.95. The minimum absolute atomic E-state index is 1.06. The number of hydrogen-bond acceptors (Lipinski definition) is 5. The molecule has 0 spiro atoms. The van der Waals surface area contributed by atoms with Crippen LogP contribution in [0.4, 0.5) is 0 Å². The highest BCUT2D eigenvalue weighted by Gasteiger charge is 2.11. The first-order valence-electron chi connectivity index (χ1n) is 5.74. The van der Waals surface area contributed by atoms with Crippen LogP contribution in [0.5, 0.6) is 0 Å². The highest BCUT2D eigenvalue weighted by molar-refractivity contribution is 7.99. The van der Waals surface area contributed by atoms with Crippen molar-refractivity contribution in [3.05, 3.63) is 36.0 Å². The number of nitrogens with zero attached hydrogens (tertiary/aromatic N) is 2. The molecule has 0 atom stereocenters. The van der Waals surface area contributed by atoms with Crippen LogP contribution in [0.2, 0.25) is 0 Å². The molecule has 1 aromatic carbocycles. The first-order chi connectivity index (χ1) is 9.33. The molecule has 5 heteroatoms. The SMILES string of the molecule is CSc1ccc(-c2csc3c(SC)ncnc23)cc1. The molecule has 19 heavy (non-hydrogen) atoms. The maximum Gasteiger partial charge on any atom is 0.117 e. The van der Waals surface area contributed by atoms with Gasteiger partial charge in [-0.2, -0.15) is 0 Å². The van der Waals surface area contributed by atoms with Crippen molar-refractivity contribution in [3.8, 4) is 11.1 Å². The average Bonchev–Trinajstić information content (AvgIpc) is 2.91. The zero-order valence-electron chi connectivity index (χ0n) is 10.6. The van der Waals surface area contributed by atoms with Crippen molar-refractivity contribution < 1.29 is 0 Å². The molecule has 0 aliphatic rings. The van der Waals surface area contributed by atoms with Gasteiger partial charge >= 0.3 is 0 Å². The lowest BCUT2D eigenvalue weighted by molar-refractivity contribution is 1.11. The molecule has 0 radical (unpaired) electrons. The van der Waals surface area contributed by atoms with Crippen molar-refractivity contribution in [1.82, 2.24) is 9.97 Å².